The van der Waals surface area contributed by atoms with Crippen molar-refractivity contribution in [3.05, 3.63) is 28.2 Å². The van der Waals surface area contributed by atoms with Crippen LogP contribution in [0.3, 0.4) is 0 Å². The van der Waals surface area contributed by atoms with Crippen LogP contribution < -0.4 is 10.1 Å². The second kappa shape index (κ2) is 5.17. The molecule has 1 N–H and O–H groups in total. The van der Waals surface area contributed by atoms with E-state index in [1.807, 2.05) is 12.1 Å². The van der Waals surface area contributed by atoms with Crippen LogP contribution in [0.15, 0.2) is 22.7 Å². The van der Waals surface area contributed by atoms with Gasteiger partial charge in [0.2, 0.25) is 0 Å². The zero-order chi connectivity index (χ0) is 11.5. The predicted molar refractivity (Wildman–Crippen MR) is 66.9 cm³/mol. The highest BCUT2D eigenvalue weighted by Gasteiger charge is 2.23. The van der Waals surface area contributed by atoms with Gasteiger partial charge in [0.25, 0.3) is 0 Å². The van der Waals surface area contributed by atoms with Gasteiger partial charge in [0, 0.05) is 23.1 Å². The summed E-state index contributed by atoms with van der Waals surface area (Å²) in [6.45, 7) is 3.81. The fourth-order valence-corrected chi connectivity index (χ4v) is 2.31. The molecule has 2 atom stereocenters. The predicted octanol–water partition coefficient (Wildman–Crippen LogP) is 2.51. The third kappa shape index (κ3) is 2.56. The van der Waals surface area contributed by atoms with Gasteiger partial charge in [-0.05, 0) is 25.1 Å². The van der Waals surface area contributed by atoms with Gasteiger partial charge in [-0.3, -0.25) is 0 Å². The topological polar surface area (TPSA) is 30.5 Å². The fourth-order valence-electron chi connectivity index (χ4n) is 1.93. The third-order valence-corrected chi connectivity index (χ3v) is 3.19. The van der Waals surface area contributed by atoms with E-state index in [9.17, 15) is 0 Å². The molecule has 0 spiro atoms. The summed E-state index contributed by atoms with van der Waals surface area (Å²) in [4.78, 5) is 0. The minimum absolute atomic E-state index is 0.0659. The summed E-state index contributed by atoms with van der Waals surface area (Å²) in [7, 11) is 1.69. The van der Waals surface area contributed by atoms with E-state index in [0.29, 0.717) is 0 Å². The lowest BCUT2D eigenvalue weighted by Gasteiger charge is -2.30. The monoisotopic (exact) mass is 285 g/mol. The number of ether oxygens (including phenoxy) is 2. The van der Waals surface area contributed by atoms with E-state index < -0.39 is 0 Å². The largest absolute Gasteiger partial charge is 0.496 e. The zero-order valence-corrected chi connectivity index (χ0v) is 11.1. The maximum absolute atomic E-state index is 5.91. The fraction of sp³-hybridized carbons (Fsp3) is 0.500. The number of hydrogen-bond acceptors (Lipinski definition) is 3. The van der Waals surface area contributed by atoms with Crippen molar-refractivity contribution in [2.24, 2.45) is 0 Å². The molecule has 0 aliphatic carbocycles. The molecule has 0 amide bonds. The van der Waals surface area contributed by atoms with Gasteiger partial charge >= 0.3 is 0 Å². The first-order chi connectivity index (χ1) is 7.70. The summed E-state index contributed by atoms with van der Waals surface area (Å²) < 4.78 is 12.3. The van der Waals surface area contributed by atoms with Gasteiger partial charge in [-0.25, -0.2) is 0 Å². The Bertz CT molecular complexity index is 370. The summed E-state index contributed by atoms with van der Waals surface area (Å²) in [6.07, 6.45) is 0.304. The van der Waals surface area contributed by atoms with Crippen LogP contribution in [-0.4, -0.2) is 26.3 Å². The van der Waals surface area contributed by atoms with Crippen LogP contribution in [0.2, 0.25) is 0 Å². The molecule has 1 heterocycles. The van der Waals surface area contributed by atoms with Crippen LogP contribution in [-0.2, 0) is 4.74 Å². The smallest absolute Gasteiger partial charge is 0.124 e. The molecule has 4 heteroatoms. The van der Waals surface area contributed by atoms with Crippen molar-refractivity contribution in [3.63, 3.8) is 0 Å². The van der Waals surface area contributed by atoms with E-state index in [1.54, 1.807) is 7.11 Å². The van der Waals surface area contributed by atoms with E-state index in [2.05, 4.69) is 34.2 Å². The number of nitrogens with one attached hydrogen (secondary N) is 1. The third-order valence-electron chi connectivity index (χ3n) is 2.70. The van der Waals surface area contributed by atoms with Crippen molar-refractivity contribution in [2.75, 3.05) is 20.2 Å². The molecule has 3 nitrogen and oxygen atoms in total. The van der Waals surface area contributed by atoms with Crippen molar-refractivity contribution < 1.29 is 9.47 Å². The van der Waals surface area contributed by atoms with Crippen molar-refractivity contribution in [1.29, 1.82) is 0 Å². The minimum Gasteiger partial charge on any atom is -0.496 e. The van der Waals surface area contributed by atoms with Gasteiger partial charge in [-0.1, -0.05) is 15.9 Å². The molecule has 2 unspecified atom stereocenters. The number of halogens is 1. The Kier molecular flexibility index (Phi) is 3.84. The average molecular weight is 286 g/mol. The second-order valence-electron chi connectivity index (χ2n) is 3.98. The van der Waals surface area contributed by atoms with E-state index in [-0.39, 0.29) is 12.2 Å². The van der Waals surface area contributed by atoms with E-state index >= 15 is 0 Å². The van der Waals surface area contributed by atoms with Crippen LogP contribution in [0.5, 0.6) is 5.75 Å². The quantitative estimate of drug-likeness (QED) is 0.906. The van der Waals surface area contributed by atoms with Crippen LogP contribution in [0, 0.1) is 0 Å². The van der Waals surface area contributed by atoms with Crippen molar-refractivity contribution in [1.82, 2.24) is 5.32 Å². The highest BCUT2D eigenvalue weighted by molar-refractivity contribution is 9.10. The molecule has 1 aliphatic rings. The molecular formula is C12H16BrNO2. The normalized spacial score (nSPS) is 25.4. The van der Waals surface area contributed by atoms with Gasteiger partial charge in [-0.2, -0.15) is 0 Å². The molecule has 16 heavy (non-hydrogen) atoms. The number of benzene rings is 1. The summed E-state index contributed by atoms with van der Waals surface area (Å²) in [5, 5.41) is 3.36. The first-order valence-electron chi connectivity index (χ1n) is 5.40. The van der Waals surface area contributed by atoms with Crippen molar-refractivity contribution in [2.45, 2.75) is 19.1 Å². The highest BCUT2D eigenvalue weighted by Crippen LogP contribution is 2.32. The maximum atomic E-state index is 5.91. The molecule has 88 valence electrons. The molecule has 2 rings (SSSR count). The van der Waals surface area contributed by atoms with Gasteiger partial charge < -0.3 is 14.8 Å². The number of methoxy groups -OCH3 is 1. The summed E-state index contributed by atoms with van der Waals surface area (Å²) in [6, 6.07) is 5.99. The first-order valence-corrected chi connectivity index (χ1v) is 6.19. The van der Waals surface area contributed by atoms with Crippen LogP contribution in [0.1, 0.15) is 18.6 Å². The van der Waals surface area contributed by atoms with E-state index in [4.69, 9.17) is 9.47 Å². The van der Waals surface area contributed by atoms with Crippen LogP contribution in [0.4, 0.5) is 0 Å². The summed E-state index contributed by atoms with van der Waals surface area (Å²) >= 11 is 3.48. The number of morpholine rings is 1. The molecule has 1 fully saturated rings. The molecule has 1 aromatic carbocycles. The van der Waals surface area contributed by atoms with Crippen LogP contribution >= 0.6 is 15.9 Å². The minimum atomic E-state index is 0.0659. The van der Waals surface area contributed by atoms with Gasteiger partial charge in [0.05, 0.1) is 19.3 Å². The Hall–Kier alpha value is -0.580. The Morgan fingerprint density at radius 1 is 1.44 bits per heavy atom. The van der Waals surface area contributed by atoms with Gasteiger partial charge in [-0.15, -0.1) is 0 Å². The molecule has 0 saturated carbocycles. The Balaban J connectivity index is 2.26. The van der Waals surface area contributed by atoms with E-state index in [0.717, 1.165) is 28.9 Å². The molecule has 0 aromatic heterocycles. The van der Waals surface area contributed by atoms with Gasteiger partial charge in [0.1, 0.15) is 5.75 Å². The van der Waals surface area contributed by atoms with Gasteiger partial charge in [0.15, 0.2) is 0 Å². The zero-order valence-electron chi connectivity index (χ0n) is 9.50. The van der Waals surface area contributed by atoms with Crippen LogP contribution in [0.25, 0.3) is 0 Å². The summed E-state index contributed by atoms with van der Waals surface area (Å²) in [5.41, 5.74) is 1.09. The molecule has 0 bridgehead atoms. The molecule has 1 aliphatic heterocycles. The lowest BCUT2D eigenvalue weighted by atomic mass is 10.1. The summed E-state index contributed by atoms with van der Waals surface area (Å²) in [5.74, 6) is 0.879. The molecular weight excluding hydrogens is 270 g/mol. The highest BCUT2D eigenvalue weighted by atomic mass is 79.9. The Labute approximate surface area is 104 Å². The first kappa shape index (κ1) is 11.9. The number of rotatable bonds is 2. The SMILES string of the molecule is COc1ccc(Br)cc1C1CNCC(C)O1. The lowest BCUT2D eigenvalue weighted by molar-refractivity contribution is -0.0297. The Morgan fingerprint density at radius 2 is 2.25 bits per heavy atom. The lowest BCUT2D eigenvalue weighted by Crippen LogP contribution is -2.39. The molecule has 0 radical (unpaired) electrons. The molecule has 1 saturated heterocycles. The standard InChI is InChI=1S/C12H16BrNO2/c1-8-6-14-7-12(16-8)10-5-9(13)3-4-11(10)15-2/h3-5,8,12,14H,6-7H2,1-2H3. The second-order valence-corrected chi connectivity index (χ2v) is 4.90. The van der Waals surface area contributed by atoms with Crippen molar-refractivity contribution >= 4 is 15.9 Å². The Morgan fingerprint density at radius 3 is 2.94 bits per heavy atom. The average Bonchev–Trinajstić information content (AvgIpc) is 2.29. The van der Waals surface area contributed by atoms with Crippen molar-refractivity contribution in [3.8, 4) is 5.75 Å². The van der Waals surface area contributed by atoms with E-state index in [1.165, 1.54) is 0 Å². The molecule has 1 aromatic rings. The maximum Gasteiger partial charge on any atom is 0.124 e. The number of hydrogen-bond donors (Lipinski definition) is 1.